The van der Waals surface area contributed by atoms with Crippen molar-refractivity contribution in [2.75, 3.05) is 6.61 Å². The molecule has 1 heterocycles. The third-order valence-electron chi connectivity index (χ3n) is 3.02. The third-order valence-corrected chi connectivity index (χ3v) is 3.02. The summed E-state index contributed by atoms with van der Waals surface area (Å²) in [5.41, 5.74) is 4.19. The van der Waals surface area contributed by atoms with Gasteiger partial charge < -0.3 is 4.74 Å². The SMILES string of the molecule is C=C(/C=C/c1ccc2c(nnn2C)c1C)OCCC. The van der Waals surface area contributed by atoms with E-state index >= 15 is 0 Å². The Kier molecular flexibility index (Phi) is 4.00. The standard InChI is InChI=1S/C15H19N3O/c1-5-10-19-11(2)6-7-13-8-9-14-15(12(13)3)16-17-18(14)4/h6-9H,2,5,10H2,1,3-4H3/b7-6+. The van der Waals surface area contributed by atoms with Gasteiger partial charge in [-0.1, -0.05) is 30.9 Å². The number of benzene rings is 1. The van der Waals surface area contributed by atoms with Crippen molar-refractivity contribution in [3.63, 3.8) is 0 Å². The molecule has 0 spiro atoms. The molecular formula is C15H19N3O. The zero-order valence-electron chi connectivity index (χ0n) is 11.7. The second-order valence-electron chi connectivity index (χ2n) is 4.51. The Balaban J connectivity index is 2.24. The molecule has 0 aliphatic heterocycles. The lowest BCUT2D eigenvalue weighted by molar-refractivity contribution is 0.226. The largest absolute Gasteiger partial charge is 0.494 e. The fraction of sp³-hybridized carbons (Fsp3) is 0.333. The van der Waals surface area contributed by atoms with Gasteiger partial charge in [0.2, 0.25) is 0 Å². The molecule has 0 saturated carbocycles. The first-order chi connectivity index (χ1) is 9.13. The molecule has 0 amide bonds. The Bertz CT molecular complexity index is 626. The van der Waals surface area contributed by atoms with Crippen molar-refractivity contribution in [3.8, 4) is 0 Å². The second-order valence-corrected chi connectivity index (χ2v) is 4.51. The topological polar surface area (TPSA) is 39.9 Å². The van der Waals surface area contributed by atoms with E-state index in [0.717, 1.165) is 28.6 Å². The van der Waals surface area contributed by atoms with E-state index in [9.17, 15) is 0 Å². The number of aromatic nitrogens is 3. The summed E-state index contributed by atoms with van der Waals surface area (Å²) in [6, 6.07) is 4.09. The number of allylic oxidation sites excluding steroid dienone is 1. The molecule has 1 aromatic heterocycles. The smallest absolute Gasteiger partial charge is 0.116 e. The average Bonchev–Trinajstić information content (AvgIpc) is 2.78. The number of hydrogen-bond acceptors (Lipinski definition) is 3. The van der Waals surface area contributed by atoms with Gasteiger partial charge in [-0.05, 0) is 36.6 Å². The van der Waals surface area contributed by atoms with Crippen LogP contribution in [0.1, 0.15) is 24.5 Å². The number of hydrogen-bond donors (Lipinski definition) is 0. The summed E-state index contributed by atoms with van der Waals surface area (Å²) in [6.07, 6.45) is 4.87. The molecule has 2 rings (SSSR count). The molecule has 0 radical (unpaired) electrons. The van der Waals surface area contributed by atoms with Crippen LogP contribution in [0.3, 0.4) is 0 Å². The molecule has 0 aliphatic carbocycles. The number of fused-ring (bicyclic) bond motifs is 1. The first-order valence-corrected chi connectivity index (χ1v) is 6.42. The Morgan fingerprint density at radius 3 is 3.00 bits per heavy atom. The molecule has 0 fully saturated rings. The van der Waals surface area contributed by atoms with E-state index in [0.29, 0.717) is 12.4 Å². The van der Waals surface area contributed by atoms with Gasteiger partial charge in [0, 0.05) is 7.05 Å². The fourth-order valence-electron chi connectivity index (χ4n) is 1.89. The molecule has 4 nitrogen and oxygen atoms in total. The Morgan fingerprint density at radius 2 is 2.26 bits per heavy atom. The van der Waals surface area contributed by atoms with E-state index in [-0.39, 0.29) is 0 Å². The van der Waals surface area contributed by atoms with Crippen LogP contribution in [0.4, 0.5) is 0 Å². The molecular weight excluding hydrogens is 238 g/mol. The van der Waals surface area contributed by atoms with Gasteiger partial charge in [0.1, 0.15) is 11.3 Å². The first-order valence-electron chi connectivity index (χ1n) is 6.42. The Morgan fingerprint density at radius 1 is 1.47 bits per heavy atom. The van der Waals surface area contributed by atoms with Gasteiger partial charge in [-0.15, -0.1) is 5.10 Å². The molecule has 0 saturated heterocycles. The molecule has 4 heteroatoms. The van der Waals surface area contributed by atoms with Crippen LogP contribution in [-0.2, 0) is 11.8 Å². The Hall–Kier alpha value is -2.10. The third kappa shape index (κ3) is 2.84. The van der Waals surface area contributed by atoms with Crippen LogP contribution >= 0.6 is 0 Å². The quantitative estimate of drug-likeness (QED) is 0.610. The molecule has 0 N–H and O–H groups in total. The van der Waals surface area contributed by atoms with Gasteiger partial charge in [-0.3, -0.25) is 0 Å². The van der Waals surface area contributed by atoms with Gasteiger partial charge in [0.25, 0.3) is 0 Å². The normalized spacial score (nSPS) is 11.3. The number of ether oxygens (including phenoxy) is 1. The van der Waals surface area contributed by atoms with Crippen LogP contribution in [0, 0.1) is 6.92 Å². The van der Waals surface area contributed by atoms with E-state index in [1.165, 1.54) is 0 Å². The lowest BCUT2D eigenvalue weighted by Crippen LogP contribution is -1.90. The van der Waals surface area contributed by atoms with E-state index in [2.05, 4.69) is 29.9 Å². The highest BCUT2D eigenvalue weighted by Gasteiger charge is 2.06. The van der Waals surface area contributed by atoms with E-state index in [1.807, 2.05) is 32.2 Å². The predicted octanol–water partition coefficient (Wildman–Crippen LogP) is 3.23. The highest BCUT2D eigenvalue weighted by atomic mass is 16.5. The van der Waals surface area contributed by atoms with Crippen LogP contribution < -0.4 is 0 Å². The molecule has 0 atom stereocenters. The Labute approximate surface area is 113 Å². The summed E-state index contributed by atoms with van der Waals surface area (Å²) in [5, 5.41) is 8.21. The molecule has 0 bridgehead atoms. The maximum atomic E-state index is 5.43. The molecule has 1 aromatic carbocycles. The molecule has 2 aromatic rings. The summed E-state index contributed by atoms with van der Waals surface area (Å²) in [5.74, 6) is 0.681. The highest BCUT2D eigenvalue weighted by Crippen LogP contribution is 2.20. The van der Waals surface area contributed by atoms with E-state index in [1.54, 1.807) is 4.68 Å². The zero-order valence-corrected chi connectivity index (χ0v) is 11.7. The van der Waals surface area contributed by atoms with Crippen LogP contribution in [0.15, 0.2) is 30.5 Å². The van der Waals surface area contributed by atoms with Gasteiger partial charge in [-0.25, -0.2) is 4.68 Å². The van der Waals surface area contributed by atoms with Gasteiger partial charge >= 0.3 is 0 Å². The van der Waals surface area contributed by atoms with Crippen LogP contribution in [0.2, 0.25) is 0 Å². The predicted molar refractivity (Wildman–Crippen MR) is 77.7 cm³/mol. The average molecular weight is 257 g/mol. The van der Waals surface area contributed by atoms with Crippen molar-refractivity contribution < 1.29 is 4.74 Å². The lowest BCUT2D eigenvalue weighted by Gasteiger charge is -2.04. The minimum Gasteiger partial charge on any atom is -0.494 e. The summed E-state index contributed by atoms with van der Waals surface area (Å²) in [7, 11) is 1.89. The van der Waals surface area contributed by atoms with E-state index < -0.39 is 0 Å². The summed E-state index contributed by atoms with van der Waals surface area (Å²) in [6.45, 7) is 8.68. The van der Waals surface area contributed by atoms with Crippen LogP contribution in [0.5, 0.6) is 0 Å². The monoisotopic (exact) mass is 257 g/mol. The second kappa shape index (κ2) is 5.69. The van der Waals surface area contributed by atoms with Gasteiger partial charge in [0.05, 0.1) is 12.1 Å². The van der Waals surface area contributed by atoms with Crippen molar-refractivity contribution in [2.45, 2.75) is 20.3 Å². The highest BCUT2D eigenvalue weighted by molar-refractivity contribution is 5.82. The molecule has 100 valence electrons. The van der Waals surface area contributed by atoms with Crippen molar-refractivity contribution in [3.05, 3.63) is 41.7 Å². The fourth-order valence-corrected chi connectivity index (χ4v) is 1.89. The number of aryl methyl sites for hydroxylation is 2. The molecule has 0 unspecified atom stereocenters. The molecule has 0 aliphatic rings. The maximum Gasteiger partial charge on any atom is 0.116 e. The lowest BCUT2D eigenvalue weighted by atomic mass is 10.1. The maximum absolute atomic E-state index is 5.43. The van der Waals surface area contributed by atoms with Gasteiger partial charge in [-0.2, -0.15) is 0 Å². The number of nitrogens with zero attached hydrogens (tertiary/aromatic N) is 3. The zero-order chi connectivity index (χ0) is 13.8. The minimum absolute atomic E-state index is 0.681. The summed E-state index contributed by atoms with van der Waals surface area (Å²) >= 11 is 0. The van der Waals surface area contributed by atoms with Crippen LogP contribution in [0.25, 0.3) is 17.1 Å². The summed E-state index contributed by atoms with van der Waals surface area (Å²) < 4.78 is 7.21. The van der Waals surface area contributed by atoms with E-state index in [4.69, 9.17) is 4.74 Å². The number of rotatable bonds is 5. The van der Waals surface area contributed by atoms with Crippen molar-refractivity contribution >= 4 is 17.1 Å². The first kappa shape index (κ1) is 13.3. The van der Waals surface area contributed by atoms with Crippen LogP contribution in [-0.4, -0.2) is 21.6 Å². The van der Waals surface area contributed by atoms with Crippen molar-refractivity contribution in [2.24, 2.45) is 7.05 Å². The molecule has 19 heavy (non-hydrogen) atoms. The summed E-state index contributed by atoms with van der Waals surface area (Å²) in [4.78, 5) is 0. The van der Waals surface area contributed by atoms with Crippen molar-refractivity contribution in [1.29, 1.82) is 0 Å². The van der Waals surface area contributed by atoms with Gasteiger partial charge in [0.15, 0.2) is 0 Å². The van der Waals surface area contributed by atoms with Crippen molar-refractivity contribution in [1.82, 2.24) is 15.0 Å². The minimum atomic E-state index is 0.681.